The summed E-state index contributed by atoms with van der Waals surface area (Å²) in [6.07, 6.45) is 1.79. The number of nitrogens with zero attached hydrogens (tertiary/aromatic N) is 1. The molecule has 1 saturated heterocycles. The molecule has 1 aliphatic heterocycles. The number of nitrogens with one attached hydrogen (secondary N) is 1. The van der Waals surface area contributed by atoms with E-state index in [4.69, 9.17) is 4.74 Å². The lowest BCUT2D eigenvalue weighted by Crippen LogP contribution is -2.43. The van der Waals surface area contributed by atoms with E-state index in [0.29, 0.717) is 5.56 Å². The molecule has 1 aromatic rings. The van der Waals surface area contributed by atoms with E-state index in [2.05, 4.69) is 15.0 Å². The average Bonchev–Trinajstić information content (AvgIpc) is 2.49. The zero-order chi connectivity index (χ0) is 16.1. The first-order valence-corrected chi connectivity index (χ1v) is 7.12. The van der Waals surface area contributed by atoms with Gasteiger partial charge >= 0.3 is 6.61 Å². The van der Waals surface area contributed by atoms with Crippen LogP contribution in [0.1, 0.15) is 23.2 Å². The van der Waals surface area contributed by atoms with Crippen LogP contribution in [0.25, 0.3) is 0 Å². The molecular weight excluding hydrogens is 294 g/mol. The number of amides is 1. The maximum absolute atomic E-state index is 12.3. The van der Waals surface area contributed by atoms with Crippen molar-refractivity contribution in [2.24, 2.45) is 0 Å². The maximum atomic E-state index is 12.3. The zero-order valence-corrected chi connectivity index (χ0v) is 12.6. The molecule has 2 rings (SSSR count). The molecule has 0 atom stereocenters. The molecule has 5 nitrogen and oxygen atoms in total. The number of carbonyl (C=O) groups is 1. The lowest BCUT2D eigenvalue weighted by molar-refractivity contribution is -0.0512. The second-order valence-electron chi connectivity index (χ2n) is 5.30. The molecule has 1 aromatic carbocycles. The van der Waals surface area contributed by atoms with Crippen LogP contribution < -0.4 is 14.8 Å². The molecule has 7 heteroatoms. The summed E-state index contributed by atoms with van der Waals surface area (Å²) >= 11 is 0. The maximum Gasteiger partial charge on any atom is 0.387 e. The summed E-state index contributed by atoms with van der Waals surface area (Å²) in [5.41, 5.74) is 0.359. The minimum absolute atomic E-state index is 0.0895. The molecule has 1 N–H and O–H groups in total. The van der Waals surface area contributed by atoms with Crippen molar-refractivity contribution in [3.63, 3.8) is 0 Å². The second-order valence-corrected chi connectivity index (χ2v) is 5.30. The molecular formula is C15H20F2N2O3. The monoisotopic (exact) mass is 314 g/mol. The van der Waals surface area contributed by atoms with E-state index in [1.807, 2.05) is 7.05 Å². The molecule has 0 radical (unpaired) electrons. The van der Waals surface area contributed by atoms with Gasteiger partial charge in [-0.25, -0.2) is 0 Å². The SMILES string of the molecule is COc1cc(C(=O)NC2CCN(C)CC2)ccc1OC(F)F. The molecule has 0 bridgehead atoms. The van der Waals surface area contributed by atoms with Crippen LogP contribution in [0.2, 0.25) is 0 Å². The van der Waals surface area contributed by atoms with Crippen molar-refractivity contribution in [3.05, 3.63) is 23.8 Å². The van der Waals surface area contributed by atoms with E-state index >= 15 is 0 Å². The lowest BCUT2D eigenvalue weighted by Gasteiger charge is -2.29. The molecule has 0 unspecified atom stereocenters. The summed E-state index contributed by atoms with van der Waals surface area (Å²) in [5, 5.41) is 2.96. The fourth-order valence-electron chi connectivity index (χ4n) is 2.42. The summed E-state index contributed by atoms with van der Waals surface area (Å²) in [5.74, 6) is -0.221. The summed E-state index contributed by atoms with van der Waals surface area (Å²) in [4.78, 5) is 14.4. The summed E-state index contributed by atoms with van der Waals surface area (Å²) in [7, 11) is 3.39. The number of piperidine rings is 1. The van der Waals surface area contributed by atoms with Gasteiger partial charge in [-0.2, -0.15) is 8.78 Å². The number of hydrogen-bond acceptors (Lipinski definition) is 4. The topological polar surface area (TPSA) is 50.8 Å². The van der Waals surface area contributed by atoms with E-state index in [-0.39, 0.29) is 23.4 Å². The first-order chi connectivity index (χ1) is 10.5. The summed E-state index contributed by atoms with van der Waals surface area (Å²) in [6, 6.07) is 4.30. The fourth-order valence-corrected chi connectivity index (χ4v) is 2.42. The van der Waals surface area contributed by atoms with Crippen molar-refractivity contribution in [1.82, 2.24) is 10.2 Å². The van der Waals surface area contributed by atoms with E-state index in [0.717, 1.165) is 25.9 Å². The number of alkyl halides is 2. The third-order valence-corrected chi connectivity index (χ3v) is 3.70. The second kappa shape index (κ2) is 7.40. The molecule has 0 aromatic heterocycles. The number of hydrogen-bond donors (Lipinski definition) is 1. The molecule has 122 valence electrons. The van der Waals surface area contributed by atoms with Crippen molar-refractivity contribution in [2.45, 2.75) is 25.5 Å². The van der Waals surface area contributed by atoms with Gasteiger partial charge in [0.25, 0.3) is 5.91 Å². The number of benzene rings is 1. The number of halogens is 2. The third kappa shape index (κ3) is 4.30. The first-order valence-electron chi connectivity index (χ1n) is 7.12. The molecule has 22 heavy (non-hydrogen) atoms. The molecule has 1 heterocycles. The largest absolute Gasteiger partial charge is 0.493 e. The minimum Gasteiger partial charge on any atom is -0.493 e. The Balaban J connectivity index is 2.03. The number of methoxy groups -OCH3 is 1. The third-order valence-electron chi connectivity index (χ3n) is 3.70. The first kappa shape index (κ1) is 16.5. The van der Waals surface area contributed by atoms with Gasteiger partial charge in [0.15, 0.2) is 11.5 Å². The van der Waals surface area contributed by atoms with Gasteiger partial charge in [-0.3, -0.25) is 4.79 Å². The van der Waals surface area contributed by atoms with Gasteiger partial charge < -0.3 is 19.7 Å². The van der Waals surface area contributed by atoms with Crippen LogP contribution >= 0.6 is 0 Å². The van der Waals surface area contributed by atoms with Crippen LogP contribution in [0.3, 0.4) is 0 Å². The van der Waals surface area contributed by atoms with Crippen molar-refractivity contribution in [1.29, 1.82) is 0 Å². The van der Waals surface area contributed by atoms with Crippen LogP contribution in [-0.4, -0.2) is 50.7 Å². The Morgan fingerprint density at radius 3 is 2.59 bits per heavy atom. The highest BCUT2D eigenvalue weighted by molar-refractivity contribution is 5.95. The van der Waals surface area contributed by atoms with Gasteiger partial charge in [0.05, 0.1) is 7.11 Å². The highest BCUT2D eigenvalue weighted by Crippen LogP contribution is 2.29. The predicted octanol–water partition coefficient (Wildman–Crippen LogP) is 2.12. The smallest absolute Gasteiger partial charge is 0.387 e. The normalized spacial score (nSPS) is 16.6. The fraction of sp³-hybridized carbons (Fsp3) is 0.533. The Morgan fingerprint density at radius 2 is 2.00 bits per heavy atom. The number of likely N-dealkylation sites (tertiary alicyclic amines) is 1. The standard InChI is InChI=1S/C15H20F2N2O3/c1-19-7-5-11(6-8-19)18-14(20)10-3-4-12(22-15(16)17)13(9-10)21-2/h3-4,9,11,15H,5-8H2,1-2H3,(H,18,20). The van der Waals surface area contributed by atoms with Gasteiger partial charge in [0.1, 0.15) is 0 Å². The van der Waals surface area contributed by atoms with Crippen molar-refractivity contribution < 1.29 is 23.0 Å². The van der Waals surface area contributed by atoms with E-state index < -0.39 is 6.61 Å². The van der Waals surface area contributed by atoms with Crippen molar-refractivity contribution in [3.8, 4) is 11.5 Å². The van der Waals surface area contributed by atoms with Gasteiger partial charge in [-0.05, 0) is 51.2 Å². The van der Waals surface area contributed by atoms with Crippen LogP contribution in [0.4, 0.5) is 8.78 Å². The highest BCUT2D eigenvalue weighted by Gasteiger charge is 2.20. The molecule has 1 aliphatic rings. The van der Waals surface area contributed by atoms with Crippen molar-refractivity contribution >= 4 is 5.91 Å². The van der Waals surface area contributed by atoms with E-state index in [1.54, 1.807) is 0 Å². The number of rotatable bonds is 5. The molecule has 0 spiro atoms. The van der Waals surface area contributed by atoms with Crippen LogP contribution in [0, 0.1) is 0 Å². The number of ether oxygens (including phenoxy) is 2. The zero-order valence-electron chi connectivity index (χ0n) is 12.6. The Hall–Kier alpha value is -1.89. The highest BCUT2D eigenvalue weighted by atomic mass is 19.3. The van der Waals surface area contributed by atoms with Crippen LogP contribution in [0.5, 0.6) is 11.5 Å². The summed E-state index contributed by atoms with van der Waals surface area (Å²) < 4.78 is 33.9. The van der Waals surface area contributed by atoms with Gasteiger partial charge in [0.2, 0.25) is 0 Å². The quantitative estimate of drug-likeness (QED) is 0.904. The Kier molecular flexibility index (Phi) is 5.54. The Bertz CT molecular complexity index is 518. The average molecular weight is 314 g/mol. The lowest BCUT2D eigenvalue weighted by atomic mass is 10.0. The minimum atomic E-state index is -2.94. The number of carbonyl (C=O) groups excluding carboxylic acids is 1. The molecule has 0 aliphatic carbocycles. The molecule has 1 fully saturated rings. The molecule has 1 amide bonds. The van der Waals surface area contributed by atoms with E-state index in [9.17, 15) is 13.6 Å². The van der Waals surface area contributed by atoms with Gasteiger partial charge in [0, 0.05) is 11.6 Å². The van der Waals surface area contributed by atoms with Crippen LogP contribution in [-0.2, 0) is 0 Å². The molecule has 0 saturated carbocycles. The van der Waals surface area contributed by atoms with Crippen molar-refractivity contribution in [2.75, 3.05) is 27.2 Å². The Labute approximate surface area is 128 Å². The van der Waals surface area contributed by atoms with Gasteiger partial charge in [-0.1, -0.05) is 0 Å². The predicted molar refractivity (Wildman–Crippen MR) is 77.6 cm³/mol. The Morgan fingerprint density at radius 1 is 1.32 bits per heavy atom. The van der Waals surface area contributed by atoms with Crippen LogP contribution in [0.15, 0.2) is 18.2 Å². The van der Waals surface area contributed by atoms with Gasteiger partial charge in [-0.15, -0.1) is 0 Å². The van der Waals surface area contributed by atoms with E-state index in [1.165, 1.54) is 25.3 Å². The summed E-state index contributed by atoms with van der Waals surface area (Å²) in [6.45, 7) is -1.06.